The summed E-state index contributed by atoms with van der Waals surface area (Å²) in [4.78, 5) is 36.7. The maximum atomic E-state index is 12.7. The average molecular weight is 484 g/mol. The summed E-state index contributed by atoms with van der Waals surface area (Å²) < 4.78 is 10.3. The molecule has 0 radical (unpaired) electrons. The number of esters is 1. The highest BCUT2D eigenvalue weighted by Gasteiger charge is 2.13. The number of carbonyl (C=O) groups excluding carboxylic acids is 3. The Balaban J connectivity index is 1.69. The number of amides is 2. The zero-order valence-corrected chi connectivity index (χ0v) is 20.1. The molecule has 0 fully saturated rings. The van der Waals surface area contributed by atoms with Crippen LogP contribution in [0.3, 0.4) is 0 Å². The molecule has 0 aliphatic carbocycles. The molecule has 0 saturated heterocycles. The van der Waals surface area contributed by atoms with Gasteiger partial charge in [-0.1, -0.05) is 30.3 Å². The minimum absolute atomic E-state index is 0.164. The van der Waals surface area contributed by atoms with Crippen LogP contribution in [0.2, 0.25) is 0 Å². The minimum Gasteiger partial charge on any atom is -0.483 e. The normalized spacial score (nSPS) is 10.7. The van der Waals surface area contributed by atoms with Crippen molar-refractivity contribution in [2.45, 2.75) is 13.8 Å². The van der Waals surface area contributed by atoms with Gasteiger partial charge in [-0.05, 0) is 67.4 Å². The Hall–Kier alpha value is -4.90. The number of para-hydroxylation sites is 1. The lowest BCUT2D eigenvalue weighted by Gasteiger charge is -2.12. The van der Waals surface area contributed by atoms with E-state index in [1.54, 1.807) is 24.3 Å². The summed E-state index contributed by atoms with van der Waals surface area (Å²) >= 11 is 0. The second-order valence-electron chi connectivity index (χ2n) is 7.89. The summed E-state index contributed by atoms with van der Waals surface area (Å²) in [5, 5.41) is 15.0. The maximum Gasteiger partial charge on any atom is 0.337 e. The third-order valence-electron chi connectivity index (χ3n) is 5.17. The number of hydrogen-bond acceptors (Lipinski definition) is 6. The monoisotopic (exact) mass is 483 g/mol. The Morgan fingerprint density at radius 1 is 0.972 bits per heavy atom. The molecule has 0 saturated carbocycles. The third-order valence-corrected chi connectivity index (χ3v) is 5.17. The number of carbonyl (C=O) groups is 3. The molecular formula is C28H25N3O5. The Labute approximate surface area is 209 Å². The summed E-state index contributed by atoms with van der Waals surface area (Å²) in [7, 11) is 1.28. The van der Waals surface area contributed by atoms with Crippen molar-refractivity contribution in [3.8, 4) is 11.8 Å². The van der Waals surface area contributed by atoms with Gasteiger partial charge in [-0.25, -0.2) is 4.79 Å². The van der Waals surface area contributed by atoms with Gasteiger partial charge in [-0.3, -0.25) is 9.59 Å². The van der Waals surface area contributed by atoms with Gasteiger partial charge >= 0.3 is 5.97 Å². The van der Waals surface area contributed by atoms with Crippen LogP contribution < -0.4 is 15.4 Å². The van der Waals surface area contributed by atoms with Crippen LogP contribution in [-0.4, -0.2) is 31.5 Å². The summed E-state index contributed by atoms with van der Waals surface area (Å²) in [5.41, 5.74) is 3.70. The topological polar surface area (TPSA) is 118 Å². The van der Waals surface area contributed by atoms with Gasteiger partial charge in [-0.2, -0.15) is 5.26 Å². The van der Waals surface area contributed by atoms with E-state index in [9.17, 15) is 19.6 Å². The summed E-state index contributed by atoms with van der Waals surface area (Å²) in [5.74, 6) is -1.12. The van der Waals surface area contributed by atoms with Crippen molar-refractivity contribution in [2.75, 3.05) is 24.4 Å². The molecule has 3 rings (SSSR count). The zero-order chi connectivity index (χ0) is 26.1. The van der Waals surface area contributed by atoms with Gasteiger partial charge in [0.25, 0.3) is 11.8 Å². The highest BCUT2D eigenvalue weighted by molar-refractivity contribution is 6.10. The fourth-order valence-corrected chi connectivity index (χ4v) is 3.24. The maximum absolute atomic E-state index is 12.7. The van der Waals surface area contributed by atoms with Crippen molar-refractivity contribution in [1.29, 1.82) is 5.26 Å². The van der Waals surface area contributed by atoms with Crippen LogP contribution in [0, 0.1) is 25.2 Å². The predicted octanol–water partition coefficient (Wildman–Crippen LogP) is 4.65. The molecule has 0 unspecified atom stereocenters. The SMILES string of the molecule is COC(=O)c1ccc(NC(=O)/C(C#N)=C\c2ccccc2OCC(=O)Nc2cc(C)ccc2C)cc1. The highest BCUT2D eigenvalue weighted by atomic mass is 16.5. The smallest absolute Gasteiger partial charge is 0.337 e. The van der Waals surface area contributed by atoms with Crippen LogP contribution in [0.25, 0.3) is 6.08 Å². The molecule has 0 aromatic heterocycles. The van der Waals surface area contributed by atoms with Crippen LogP contribution >= 0.6 is 0 Å². The van der Waals surface area contributed by atoms with Crippen molar-refractivity contribution in [3.05, 3.63) is 94.6 Å². The molecule has 8 nitrogen and oxygen atoms in total. The van der Waals surface area contributed by atoms with Gasteiger partial charge < -0.3 is 20.1 Å². The van der Waals surface area contributed by atoms with Gasteiger partial charge in [0, 0.05) is 16.9 Å². The Bertz CT molecular complexity index is 1350. The predicted molar refractivity (Wildman–Crippen MR) is 136 cm³/mol. The second-order valence-corrected chi connectivity index (χ2v) is 7.89. The number of methoxy groups -OCH3 is 1. The van der Waals surface area contributed by atoms with Crippen LogP contribution in [0.1, 0.15) is 27.0 Å². The zero-order valence-electron chi connectivity index (χ0n) is 20.1. The quantitative estimate of drug-likeness (QED) is 0.274. The number of rotatable bonds is 8. The molecule has 0 spiro atoms. The van der Waals surface area contributed by atoms with E-state index in [1.165, 1.54) is 37.5 Å². The molecule has 0 heterocycles. The van der Waals surface area contributed by atoms with Crippen molar-refractivity contribution >= 4 is 35.2 Å². The first kappa shape index (κ1) is 25.7. The number of nitriles is 1. The van der Waals surface area contributed by atoms with E-state index in [2.05, 4.69) is 15.4 Å². The van der Waals surface area contributed by atoms with Gasteiger partial charge in [0.15, 0.2) is 6.61 Å². The van der Waals surface area contributed by atoms with E-state index in [0.29, 0.717) is 28.3 Å². The third kappa shape index (κ3) is 6.81. The first-order chi connectivity index (χ1) is 17.3. The summed E-state index contributed by atoms with van der Waals surface area (Å²) in [6.45, 7) is 3.59. The van der Waals surface area contributed by atoms with Gasteiger partial charge in [0.1, 0.15) is 17.4 Å². The van der Waals surface area contributed by atoms with Gasteiger partial charge in [-0.15, -0.1) is 0 Å². The fourth-order valence-electron chi connectivity index (χ4n) is 3.24. The number of anilines is 2. The van der Waals surface area contributed by atoms with Crippen LogP contribution in [-0.2, 0) is 14.3 Å². The molecule has 0 atom stereocenters. The van der Waals surface area contributed by atoms with E-state index in [0.717, 1.165) is 11.1 Å². The lowest BCUT2D eigenvalue weighted by molar-refractivity contribution is -0.118. The van der Waals surface area contributed by atoms with Gasteiger partial charge in [0.05, 0.1) is 12.7 Å². The average Bonchev–Trinajstić information content (AvgIpc) is 2.88. The first-order valence-corrected chi connectivity index (χ1v) is 11.0. The van der Waals surface area contributed by atoms with Crippen LogP contribution in [0.5, 0.6) is 5.75 Å². The molecule has 3 aromatic carbocycles. The Morgan fingerprint density at radius 2 is 1.69 bits per heavy atom. The van der Waals surface area contributed by atoms with Crippen molar-refractivity contribution in [1.82, 2.24) is 0 Å². The standard InChI is InChI=1S/C28H25N3O5/c1-18-8-9-19(2)24(14-18)31-26(32)17-36-25-7-5-4-6-21(25)15-22(16-29)27(33)30-23-12-10-20(11-13-23)28(34)35-3/h4-15H,17H2,1-3H3,(H,30,33)(H,31,32)/b22-15-. The number of nitrogens with one attached hydrogen (secondary N) is 2. The highest BCUT2D eigenvalue weighted by Crippen LogP contribution is 2.22. The fraction of sp³-hybridized carbons (Fsp3) is 0.143. The lowest BCUT2D eigenvalue weighted by atomic mass is 10.1. The van der Waals surface area contributed by atoms with Crippen LogP contribution in [0.15, 0.2) is 72.3 Å². The largest absolute Gasteiger partial charge is 0.483 e. The summed E-state index contributed by atoms with van der Waals surface area (Å²) in [6.07, 6.45) is 1.39. The van der Waals surface area contributed by atoms with E-state index in [-0.39, 0.29) is 18.1 Å². The van der Waals surface area contributed by atoms with E-state index in [1.807, 2.05) is 38.1 Å². The molecule has 0 bridgehead atoms. The molecule has 3 aromatic rings. The van der Waals surface area contributed by atoms with E-state index in [4.69, 9.17) is 4.74 Å². The molecule has 8 heteroatoms. The van der Waals surface area contributed by atoms with E-state index >= 15 is 0 Å². The Morgan fingerprint density at radius 3 is 2.39 bits per heavy atom. The second kappa shape index (κ2) is 12.0. The molecule has 36 heavy (non-hydrogen) atoms. The van der Waals surface area contributed by atoms with Crippen LogP contribution in [0.4, 0.5) is 11.4 Å². The first-order valence-electron chi connectivity index (χ1n) is 11.0. The molecule has 2 amide bonds. The molecule has 0 aliphatic heterocycles. The number of benzene rings is 3. The lowest BCUT2D eigenvalue weighted by Crippen LogP contribution is -2.21. The van der Waals surface area contributed by atoms with Gasteiger partial charge in [0.2, 0.25) is 0 Å². The molecule has 0 aliphatic rings. The Kier molecular flexibility index (Phi) is 8.57. The number of ether oxygens (including phenoxy) is 2. The molecule has 182 valence electrons. The molecule has 2 N–H and O–H groups in total. The molecular weight excluding hydrogens is 458 g/mol. The van der Waals surface area contributed by atoms with Crippen molar-refractivity contribution in [2.24, 2.45) is 0 Å². The van der Waals surface area contributed by atoms with Crippen molar-refractivity contribution < 1.29 is 23.9 Å². The number of aryl methyl sites for hydroxylation is 2. The number of hydrogen-bond donors (Lipinski definition) is 2. The summed E-state index contributed by atoms with van der Waals surface area (Å²) in [6, 6.07) is 20.5. The van der Waals surface area contributed by atoms with Crippen molar-refractivity contribution in [3.63, 3.8) is 0 Å². The minimum atomic E-state index is -0.634. The number of nitrogens with zero attached hydrogens (tertiary/aromatic N) is 1. The van der Waals surface area contributed by atoms with E-state index < -0.39 is 11.9 Å².